The highest BCUT2D eigenvalue weighted by molar-refractivity contribution is 5.95. The second kappa shape index (κ2) is 8.88. The average Bonchev–Trinajstić information content (AvgIpc) is 2.68. The van der Waals surface area contributed by atoms with Crippen molar-refractivity contribution < 1.29 is 14.3 Å². The van der Waals surface area contributed by atoms with Gasteiger partial charge in [0, 0.05) is 33.1 Å². The zero-order chi connectivity index (χ0) is 19.2. The van der Waals surface area contributed by atoms with Crippen LogP contribution in [0.15, 0.2) is 30.6 Å². The Kier molecular flexibility index (Phi) is 6.31. The molecule has 2 aromatic heterocycles. The fourth-order valence-corrected chi connectivity index (χ4v) is 2.86. The lowest BCUT2D eigenvalue weighted by Gasteiger charge is -2.32. The van der Waals surface area contributed by atoms with Gasteiger partial charge < -0.3 is 19.7 Å². The monoisotopic (exact) mass is 371 g/mol. The number of carbonyl (C=O) groups excluding carboxylic acids is 1. The Balaban J connectivity index is 1.64. The summed E-state index contributed by atoms with van der Waals surface area (Å²) in [5.74, 6) is 0.378. The summed E-state index contributed by atoms with van der Waals surface area (Å²) in [4.78, 5) is 27.4. The summed E-state index contributed by atoms with van der Waals surface area (Å²) < 4.78 is 11.5. The van der Waals surface area contributed by atoms with E-state index in [0.717, 1.165) is 5.69 Å². The summed E-state index contributed by atoms with van der Waals surface area (Å²) in [7, 11) is 3.72. The standard InChI is InChI=1S/C19H25N5O3/c1-13-15(10-21-19(22-13)24(2)3)18(25)23-16-7-9-26-12-17(16)27-11-14-6-4-5-8-20-14/h4-6,8,10,16-17H,7,9,11-12H2,1-3H3,(H,23,25). The van der Waals surface area contributed by atoms with Gasteiger partial charge in [-0.25, -0.2) is 9.97 Å². The fourth-order valence-electron chi connectivity index (χ4n) is 2.86. The van der Waals surface area contributed by atoms with E-state index in [2.05, 4.69) is 20.3 Å². The van der Waals surface area contributed by atoms with Crippen molar-refractivity contribution in [3.63, 3.8) is 0 Å². The maximum absolute atomic E-state index is 12.7. The summed E-state index contributed by atoms with van der Waals surface area (Å²) >= 11 is 0. The molecule has 8 nitrogen and oxygen atoms in total. The molecule has 3 heterocycles. The molecule has 27 heavy (non-hydrogen) atoms. The van der Waals surface area contributed by atoms with E-state index in [4.69, 9.17) is 9.47 Å². The quantitative estimate of drug-likeness (QED) is 0.820. The van der Waals surface area contributed by atoms with Crippen LogP contribution in [-0.2, 0) is 16.1 Å². The summed E-state index contributed by atoms with van der Waals surface area (Å²) in [6, 6.07) is 5.55. The fraction of sp³-hybridized carbons (Fsp3) is 0.474. The smallest absolute Gasteiger partial charge is 0.255 e. The van der Waals surface area contributed by atoms with E-state index in [1.165, 1.54) is 0 Å². The highest BCUT2D eigenvalue weighted by atomic mass is 16.5. The number of aryl methyl sites for hydroxylation is 1. The first kappa shape index (κ1) is 19.2. The first-order valence-corrected chi connectivity index (χ1v) is 8.95. The van der Waals surface area contributed by atoms with E-state index in [-0.39, 0.29) is 18.1 Å². The topological polar surface area (TPSA) is 89.5 Å². The van der Waals surface area contributed by atoms with Crippen LogP contribution in [0.4, 0.5) is 5.95 Å². The maximum atomic E-state index is 12.7. The molecule has 2 atom stereocenters. The van der Waals surface area contributed by atoms with E-state index in [1.54, 1.807) is 17.3 Å². The number of aromatic nitrogens is 3. The van der Waals surface area contributed by atoms with E-state index in [1.807, 2.05) is 39.2 Å². The number of nitrogens with one attached hydrogen (secondary N) is 1. The number of carbonyl (C=O) groups is 1. The van der Waals surface area contributed by atoms with Gasteiger partial charge in [-0.3, -0.25) is 9.78 Å². The Morgan fingerprint density at radius 3 is 2.93 bits per heavy atom. The molecule has 1 fully saturated rings. The van der Waals surface area contributed by atoms with Gasteiger partial charge in [-0.2, -0.15) is 0 Å². The lowest BCUT2D eigenvalue weighted by Crippen LogP contribution is -2.50. The van der Waals surface area contributed by atoms with E-state index in [0.29, 0.717) is 43.4 Å². The van der Waals surface area contributed by atoms with Gasteiger partial charge in [0.2, 0.25) is 5.95 Å². The molecule has 1 aliphatic rings. The summed E-state index contributed by atoms with van der Waals surface area (Å²) in [5.41, 5.74) is 1.96. The predicted octanol–water partition coefficient (Wildman–Crippen LogP) is 1.35. The van der Waals surface area contributed by atoms with Crippen LogP contribution in [0, 0.1) is 6.92 Å². The Morgan fingerprint density at radius 2 is 2.22 bits per heavy atom. The van der Waals surface area contributed by atoms with Crippen LogP contribution in [-0.4, -0.2) is 60.3 Å². The zero-order valence-electron chi connectivity index (χ0n) is 15.9. The second-order valence-electron chi connectivity index (χ2n) is 6.68. The van der Waals surface area contributed by atoms with Crippen LogP contribution < -0.4 is 10.2 Å². The third-order valence-electron chi connectivity index (χ3n) is 4.40. The van der Waals surface area contributed by atoms with Gasteiger partial charge in [-0.05, 0) is 25.5 Å². The van der Waals surface area contributed by atoms with Crippen LogP contribution >= 0.6 is 0 Å². The molecule has 3 rings (SSSR count). The minimum Gasteiger partial charge on any atom is -0.379 e. The van der Waals surface area contributed by atoms with Gasteiger partial charge in [0.15, 0.2) is 0 Å². The van der Waals surface area contributed by atoms with Gasteiger partial charge >= 0.3 is 0 Å². The molecule has 0 spiro atoms. The Labute approximate surface area is 158 Å². The number of nitrogens with zero attached hydrogens (tertiary/aromatic N) is 4. The van der Waals surface area contributed by atoms with Crippen molar-refractivity contribution in [2.24, 2.45) is 0 Å². The molecule has 0 saturated carbocycles. The third kappa shape index (κ3) is 4.99. The maximum Gasteiger partial charge on any atom is 0.255 e. The summed E-state index contributed by atoms with van der Waals surface area (Å²) in [6.45, 7) is 3.21. The minimum absolute atomic E-state index is 0.136. The lowest BCUT2D eigenvalue weighted by atomic mass is 10.1. The molecule has 1 aliphatic heterocycles. The van der Waals surface area contributed by atoms with Crippen molar-refractivity contribution in [2.45, 2.75) is 32.1 Å². The molecule has 0 bridgehead atoms. The van der Waals surface area contributed by atoms with Gasteiger partial charge in [0.25, 0.3) is 5.91 Å². The molecular weight excluding hydrogens is 346 g/mol. The number of hydrogen-bond donors (Lipinski definition) is 1. The van der Waals surface area contributed by atoms with E-state index >= 15 is 0 Å². The van der Waals surface area contributed by atoms with Crippen molar-refractivity contribution in [1.29, 1.82) is 0 Å². The molecular formula is C19H25N5O3. The van der Waals surface area contributed by atoms with Crippen molar-refractivity contribution in [3.8, 4) is 0 Å². The van der Waals surface area contributed by atoms with Gasteiger partial charge in [0.1, 0.15) is 6.10 Å². The van der Waals surface area contributed by atoms with Crippen LogP contribution in [0.1, 0.15) is 28.2 Å². The number of ether oxygens (including phenoxy) is 2. The number of rotatable bonds is 6. The molecule has 1 amide bonds. The van der Waals surface area contributed by atoms with E-state index in [9.17, 15) is 4.79 Å². The molecule has 144 valence electrons. The number of hydrogen-bond acceptors (Lipinski definition) is 7. The Morgan fingerprint density at radius 1 is 1.37 bits per heavy atom. The van der Waals surface area contributed by atoms with Crippen molar-refractivity contribution in [3.05, 3.63) is 47.5 Å². The van der Waals surface area contributed by atoms with Gasteiger partial charge in [-0.15, -0.1) is 0 Å². The minimum atomic E-state index is -0.230. The van der Waals surface area contributed by atoms with Crippen LogP contribution in [0.2, 0.25) is 0 Å². The van der Waals surface area contributed by atoms with Gasteiger partial charge in [-0.1, -0.05) is 6.07 Å². The Hall–Kier alpha value is -2.58. The van der Waals surface area contributed by atoms with Crippen molar-refractivity contribution >= 4 is 11.9 Å². The predicted molar refractivity (Wildman–Crippen MR) is 101 cm³/mol. The molecule has 2 unspecified atom stereocenters. The third-order valence-corrected chi connectivity index (χ3v) is 4.40. The van der Waals surface area contributed by atoms with Gasteiger partial charge in [0.05, 0.1) is 36.2 Å². The molecule has 0 aromatic carbocycles. The SMILES string of the molecule is Cc1nc(N(C)C)ncc1C(=O)NC1CCOCC1OCc1ccccn1. The van der Waals surface area contributed by atoms with Crippen molar-refractivity contribution in [2.75, 3.05) is 32.2 Å². The number of anilines is 1. The lowest BCUT2D eigenvalue weighted by molar-refractivity contribution is -0.0743. The van der Waals surface area contributed by atoms with Crippen LogP contribution in [0.5, 0.6) is 0 Å². The zero-order valence-corrected chi connectivity index (χ0v) is 15.9. The largest absolute Gasteiger partial charge is 0.379 e. The summed E-state index contributed by atoms with van der Waals surface area (Å²) in [6.07, 6.45) is 3.76. The van der Waals surface area contributed by atoms with E-state index < -0.39 is 0 Å². The molecule has 8 heteroatoms. The first-order chi connectivity index (χ1) is 13.0. The average molecular weight is 371 g/mol. The normalized spacial score (nSPS) is 19.5. The van der Waals surface area contributed by atoms with Crippen LogP contribution in [0.25, 0.3) is 0 Å². The number of amides is 1. The molecule has 1 N–H and O–H groups in total. The van der Waals surface area contributed by atoms with Crippen LogP contribution in [0.3, 0.4) is 0 Å². The molecule has 1 saturated heterocycles. The second-order valence-corrected chi connectivity index (χ2v) is 6.68. The first-order valence-electron chi connectivity index (χ1n) is 8.95. The highest BCUT2D eigenvalue weighted by Crippen LogP contribution is 2.15. The van der Waals surface area contributed by atoms with Crippen molar-refractivity contribution in [1.82, 2.24) is 20.3 Å². The molecule has 0 radical (unpaired) electrons. The summed E-state index contributed by atoms with van der Waals surface area (Å²) in [5, 5.41) is 3.05. The number of pyridine rings is 1. The highest BCUT2D eigenvalue weighted by Gasteiger charge is 2.29. The molecule has 0 aliphatic carbocycles. The molecule has 2 aromatic rings. The Bertz CT molecular complexity index is 769.